The molecule has 3 amide bonds. The molecule has 3 heterocycles. The molecule has 0 saturated carbocycles. The number of aliphatic hydroxyl groups excluding tert-OH is 1. The molecule has 0 aliphatic carbocycles. The highest BCUT2D eigenvalue weighted by Crippen LogP contribution is 2.34. The quantitative estimate of drug-likeness (QED) is 0.804. The van der Waals surface area contributed by atoms with Gasteiger partial charge >= 0.3 is 6.03 Å². The second kappa shape index (κ2) is 9.27. The Morgan fingerprint density at radius 1 is 1.18 bits per heavy atom. The molecular weight excluding hydrogens is 374 g/mol. The zero-order valence-electron chi connectivity index (χ0n) is 17.1. The number of piperidine rings is 1. The molecule has 7 heteroatoms. The Kier molecular flexibility index (Phi) is 6.99. The summed E-state index contributed by atoms with van der Waals surface area (Å²) < 4.78 is 0. The van der Waals surface area contributed by atoms with E-state index in [2.05, 4.69) is 25.2 Å². The van der Waals surface area contributed by atoms with Gasteiger partial charge in [0.15, 0.2) is 0 Å². The Morgan fingerprint density at radius 2 is 1.93 bits per heavy atom. The summed E-state index contributed by atoms with van der Waals surface area (Å²) in [6.07, 6.45) is 5.15. The van der Waals surface area contributed by atoms with Gasteiger partial charge in [0.05, 0.1) is 12.2 Å². The van der Waals surface area contributed by atoms with Crippen molar-refractivity contribution in [3.05, 3.63) is 21.9 Å². The van der Waals surface area contributed by atoms with Crippen LogP contribution in [0, 0.1) is 5.41 Å². The third kappa shape index (κ3) is 5.26. The molecule has 1 aromatic heterocycles. The van der Waals surface area contributed by atoms with Crippen LogP contribution in [0.25, 0.3) is 0 Å². The van der Waals surface area contributed by atoms with Crippen LogP contribution in [0.2, 0.25) is 0 Å². The smallest absolute Gasteiger partial charge is 0.317 e. The minimum atomic E-state index is -0.0985. The number of amides is 3. The number of hydrogen-bond donors (Lipinski definition) is 2. The van der Waals surface area contributed by atoms with Crippen LogP contribution in [0.4, 0.5) is 4.79 Å². The van der Waals surface area contributed by atoms with Crippen LogP contribution >= 0.6 is 11.3 Å². The molecule has 2 aliphatic heterocycles. The molecule has 2 aliphatic rings. The van der Waals surface area contributed by atoms with Crippen molar-refractivity contribution in [2.45, 2.75) is 51.9 Å². The Hall–Kier alpha value is -1.60. The van der Waals surface area contributed by atoms with Gasteiger partial charge in [-0.15, -0.1) is 11.3 Å². The van der Waals surface area contributed by atoms with Crippen LogP contribution in [0.5, 0.6) is 0 Å². The number of nitrogens with zero attached hydrogens (tertiary/aromatic N) is 2. The number of likely N-dealkylation sites (tertiary alicyclic amines) is 2. The second-order valence-electron chi connectivity index (χ2n) is 8.76. The molecule has 2 saturated heterocycles. The van der Waals surface area contributed by atoms with Crippen molar-refractivity contribution < 1.29 is 14.7 Å². The summed E-state index contributed by atoms with van der Waals surface area (Å²) in [7, 11) is 0. The molecular formula is C21H33N3O3S. The Bertz CT molecular complexity index is 680. The molecule has 0 spiro atoms. The van der Waals surface area contributed by atoms with Crippen LogP contribution in [0.15, 0.2) is 11.4 Å². The van der Waals surface area contributed by atoms with E-state index in [1.54, 1.807) is 11.3 Å². The predicted octanol–water partition coefficient (Wildman–Crippen LogP) is 3.28. The number of aliphatic hydroxyl groups is 1. The highest BCUT2D eigenvalue weighted by molar-refractivity contribution is 7.10. The molecule has 156 valence electrons. The standard InChI is InChI=1S/C21H33N3O3S/c1-21(2)6-3-9-23(12-7-21)19(26)17-14-18(28-15-17)16-4-10-24(11-5-16)20(27)22-8-13-25/h14-16,25H,3-13H2,1-2H3,(H,22,27). The zero-order valence-corrected chi connectivity index (χ0v) is 17.9. The maximum atomic E-state index is 13.0. The molecule has 1 aromatic rings. The number of nitrogens with one attached hydrogen (secondary N) is 1. The lowest BCUT2D eigenvalue weighted by Crippen LogP contribution is -2.44. The summed E-state index contributed by atoms with van der Waals surface area (Å²) in [4.78, 5) is 30.0. The molecule has 0 unspecified atom stereocenters. The molecule has 3 rings (SSSR count). The van der Waals surface area contributed by atoms with Crippen LogP contribution in [-0.2, 0) is 0 Å². The van der Waals surface area contributed by atoms with Crippen molar-refractivity contribution in [2.75, 3.05) is 39.3 Å². The van der Waals surface area contributed by atoms with E-state index in [0.717, 1.165) is 44.3 Å². The van der Waals surface area contributed by atoms with E-state index in [1.165, 1.54) is 11.3 Å². The lowest BCUT2D eigenvalue weighted by Gasteiger charge is -2.31. The van der Waals surface area contributed by atoms with Crippen molar-refractivity contribution >= 4 is 23.3 Å². The van der Waals surface area contributed by atoms with E-state index < -0.39 is 0 Å². The fourth-order valence-electron chi connectivity index (χ4n) is 4.13. The van der Waals surface area contributed by atoms with Crippen molar-refractivity contribution in [1.29, 1.82) is 0 Å². The van der Waals surface area contributed by atoms with Gasteiger partial charge in [-0.1, -0.05) is 13.8 Å². The first-order valence-electron chi connectivity index (χ1n) is 10.4. The van der Waals surface area contributed by atoms with Gasteiger partial charge in [0, 0.05) is 43.0 Å². The van der Waals surface area contributed by atoms with Crippen molar-refractivity contribution in [1.82, 2.24) is 15.1 Å². The van der Waals surface area contributed by atoms with Gasteiger partial charge in [-0.2, -0.15) is 0 Å². The van der Waals surface area contributed by atoms with Crippen molar-refractivity contribution in [3.63, 3.8) is 0 Å². The number of hydrogen-bond acceptors (Lipinski definition) is 4. The van der Waals surface area contributed by atoms with Gasteiger partial charge in [-0.3, -0.25) is 4.79 Å². The summed E-state index contributed by atoms with van der Waals surface area (Å²) in [5.74, 6) is 0.581. The van der Waals surface area contributed by atoms with Gasteiger partial charge in [-0.05, 0) is 49.5 Å². The molecule has 28 heavy (non-hydrogen) atoms. The van der Waals surface area contributed by atoms with E-state index in [1.807, 2.05) is 15.2 Å². The van der Waals surface area contributed by atoms with E-state index in [9.17, 15) is 9.59 Å². The number of carbonyl (C=O) groups excluding carboxylic acids is 2. The van der Waals surface area contributed by atoms with Gasteiger partial charge in [-0.25, -0.2) is 4.79 Å². The van der Waals surface area contributed by atoms with E-state index in [4.69, 9.17) is 5.11 Å². The number of carbonyl (C=O) groups is 2. The number of rotatable bonds is 4. The van der Waals surface area contributed by atoms with Gasteiger partial charge in [0.2, 0.25) is 0 Å². The monoisotopic (exact) mass is 407 g/mol. The van der Waals surface area contributed by atoms with Crippen LogP contribution in [0.1, 0.15) is 67.1 Å². The summed E-state index contributed by atoms with van der Waals surface area (Å²) in [5.41, 5.74) is 1.15. The maximum absolute atomic E-state index is 13.0. The fourth-order valence-corrected chi connectivity index (χ4v) is 5.18. The largest absolute Gasteiger partial charge is 0.395 e. The van der Waals surface area contributed by atoms with Gasteiger partial charge in [0.1, 0.15) is 0 Å². The predicted molar refractivity (Wildman–Crippen MR) is 112 cm³/mol. The average Bonchev–Trinajstić information content (AvgIpc) is 3.11. The Labute approximate surface area is 171 Å². The first-order valence-corrected chi connectivity index (χ1v) is 11.3. The van der Waals surface area contributed by atoms with Crippen molar-refractivity contribution in [3.8, 4) is 0 Å². The highest BCUT2D eigenvalue weighted by atomic mass is 32.1. The Morgan fingerprint density at radius 3 is 2.64 bits per heavy atom. The third-order valence-corrected chi connectivity index (χ3v) is 7.16. The molecule has 2 fully saturated rings. The minimum Gasteiger partial charge on any atom is -0.395 e. The summed E-state index contributed by atoms with van der Waals surface area (Å²) in [6, 6.07) is 1.98. The maximum Gasteiger partial charge on any atom is 0.317 e. The van der Waals surface area contributed by atoms with Crippen LogP contribution in [-0.4, -0.2) is 66.2 Å². The van der Waals surface area contributed by atoms with E-state index in [-0.39, 0.29) is 18.5 Å². The van der Waals surface area contributed by atoms with Gasteiger partial charge in [0.25, 0.3) is 5.91 Å². The first-order chi connectivity index (χ1) is 13.4. The molecule has 0 atom stereocenters. The SMILES string of the molecule is CC1(C)CCCN(C(=O)c2csc(C3CCN(C(=O)NCCO)CC3)c2)CC1. The minimum absolute atomic E-state index is 0.0390. The molecule has 0 bridgehead atoms. The van der Waals surface area contributed by atoms with E-state index >= 15 is 0 Å². The summed E-state index contributed by atoms with van der Waals surface area (Å²) >= 11 is 1.68. The molecule has 2 N–H and O–H groups in total. The first kappa shape index (κ1) is 21.1. The lowest BCUT2D eigenvalue weighted by molar-refractivity contribution is 0.0758. The third-order valence-electron chi connectivity index (χ3n) is 6.07. The van der Waals surface area contributed by atoms with Crippen LogP contribution in [0.3, 0.4) is 0 Å². The van der Waals surface area contributed by atoms with E-state index in [0.29, 0.717) is 31.0 Å². The lowest BCUT2D eigenvalue weighted by atomic mass is 9.85. The fraction of sp³-hybridized carbons (Fsp3) is 0.714. The summed E-state index contributed by atoms with van der Waals surface area (Å²) in [6.45, 7) is 7.97. The molecule has 6 nitrogen and oxygen atoms in total. The number of thiophene rings is 1. The van der Waals surface area contributed by atoms with Crippen LogP contribution < -0.4 is 5.32 Å². The zero-order chi connectivity index (χ0) is 20.1. The normalized spacial score (nSPS) is 20.7. The Balaban J connectivity index is 1.54. The summed E-state index contributed by atoms with van der Waals surface area (Å²) in [5, 5.41) is 13.5. The average molecular weight is 408 g/mol. The second-order valence-corrected chi connectivity index (χ2v) is 9.71. The van der Waals surface area contributed by atoms with Crippen molar-refractivity contribution in [2.24, 2.45) is 5.41 Å². The van der Waals surface area contributed by atoms with Gasteiger partial charge < -0.3 is 20.2 Å². The molecule has 0 radical (unpaired) electrons. The highest BCUT2D eigenvalue weighted by Gasteiger charge is 2.28. The number of urea groups is 1. The molecule has 0 aromatic carbocycles. The topological polar surface area (TPSA) is 72.9 Å².